The number of benzene rings is 2. The molecule has 28 heavy (non-hydrogen) atoms. The van der Waals surface area contributed by atoms with Crippen molar-refractivity contribution in [2.24, 2.45) is 0 Å². The fourth-order valence-electron chi connectivity index (χ4n) is 3.32. The Bertz CT molecular complexity index is 1000. The molecule has 1 aromatic heterocycles. The van der Waals surface area contributed by atoms with Gasteiger partial charge in [-0.1, -0.05) is 24.3 Å². The Morgan fingerprint density at radius 1 is 1.21 bits per heavy atom. The predicted octanol–water partition coefficient (Wildman–Crippen LogP) is 3.11. The third-order valence-corrected chi connectivity index (χ3v) is 4.75. The van der Waals surface area contributed by atoms with Crippen LogP contribution >= 0.6 is 0 Å². The van der Waals surface area contributed by atoms with Crippen LogP contribution in [0, 0.1) is 5.82 Å². The lowest BCUT2D eigenvalue weighted by atomic mass is 10.1. The normalized spacial score (nSPS) is 16.6. The van der Waals surface area contributed by atoms with Crippen molar-refractivity contribution >= 4 is 17.7 Å². The number of halogens is 1. The highest BCUT2D eigenvalue weighted by Crippen LogP contribution is 2.28. The molecular formula is C20H17FN4O3. The number of nitrogens with one attached hydrogen (secondary N) is 1. The van der Waals surface area contributed by atoms with Crippen LogP contribution < -0.4 is 4.90 Å². The summed E-state index contributed by atoms with van der Waals surface area (Å²) in [5.41, 5.74) is 2.98. The zero-order valence-electron chi connectivity index (χ0n) is 14.7. The molecule has 2 aromatic carbocycles. The Kier molecular flexibility index (Phi) is 4.52. The fraction of sp³-hybridized carbons (Fsp3) is 0.150. The third kappa shape index (κ3) is 3.32. The second-order valence-corrected chi connectivity index (χ2v) is 6.54. The second-order valence-electron chi connectivity index (χ2n) is 6.54. The van der Waals surface area contributed by atoms with Crippen LogP contribution in [0.2, 0.25) is 0 Å². The quantitative estimate of drug-likeness (QED) is 0.712. The van der Waals surface area contributed by atoms with Gasteiger partial charge < -0.3 is 10.0 Å². The van der Waals surface area contributed by atoms with Crippen molar-refractivity contribution in [3.8, 4) is 11.1 Å². The van der Waals surface area contributed by atoms with Crippen LogP contribution in [0.15, 0.2) is 60.9 Å². The summed E-state index contributed by atoms with van der Waals surface area (Å²) in [4.78, 5) is 27.3. The Hall–Kier alpha value is -3.68. The summed E-state index contributed by atoms with van der Waals surface area (Å²) in [6, 6.07) is 11.6. The summed E-state index contributed by atoms with van der Waals surface area (Å²) < 4.78 is 13.5. The van der Waals surface area contributed by atoms with E-state index in [9.17, 15) is 19.1 Å². The van der Waals surface area contributed by atoms with Gasteiger partial charge in [0.1, 0.15) is 11.9 Å². The van der Waals surface area contributed by atoms with E-state index >= 15 is 0 Å². The van der Waals surface area contributed by atoms with Gasteiger partial charge in [-0.2, -0.15) is 5.10 Å². The van der Waals surface area contributed by atoms with Gasteiger partial charge in [0.15, 0.2) is 0 Å². The molecule has 2 N–H and O–H groups in total. The number of carbonyl (C=O) groups excluding carboxylic acids is 1. The van der Waals surface area contributed by atoms with Gasteiger partial charge >= 0.3 is 12.0 Å². The first-order chi connectivity index (χ1) is 13.5. The summed E-state index contributed by atoms with van der Waals surface area (Å²) in [6.07, 6.45) is 3.45. The molecular weight excluding hydrogens is 363 g/mol. The first-order valence-corrected chi connectivity index (χ1v) is 8.67. The number of nitrogens with zero attached hydrogens (tertiary/aromatic N) is 3. The zero-order chi connectivity index (χ0) is 19.7. The van der Waals surface area contributed by atoms with Gasteiger partial charge in [0.25, 0.3) is 0 Å². The van der Waals surface area contributed by atoms with Crippen LogP contribution in [0.4, 0.5) is 14.9 Å². The number of aliphatic carboxylic acids is 1. The molecule has 4 rings (SSSR count). The number of amides is 2. The largest absolute Gasteiger partial charge is 0.480 e. The van der Waals surface area contributed by atoms with Crippen LogP contribution in [-0.2, 0) is 11.3 Å². The highest BCUT2D eigenvalue weighted by molar-refractivity contribution is 5.99. The number of hydrogen-bond acceptors (Lipinski definition) is 3. The summed E-state index contributed by atoms with van der Waals surface area (Å²) in [7, 11) is 0. The smallest absolute Gasteiger partial charge is 0.328 e. The molecule has 0 radical (unpaired) electrons. The monoisotopic (exact) mass is 380 g/mol. The number of urea groups is 1. The van der Waals surface area contributed by atoms with E-state index < -0.39 is 23.9 Å². The predicted molar refractivity (Wildman–Crippen MR) is 100 cm³/mol. The van der Waals surface area contributed by atoms with Gasteiger partial charge in [0.2, 0.25) is 0 Å². The van der Waals surface area contributed by atoms with Crippen LogP contribution in [0.3, 0.4) is 0 Å². The van der Waals surface area contributed by atoms with E-state index in [2.05, 4.69) is 10.2 Å². The molecule has 0 bridgehead atoms. The number of hydrogen-bond donors (Lipinski definition) is 2. The lowest BCUT2D eigenvalue weighted by Crippen LogP contribution is -2.39. The molecule has 7 nitrogen and oxygen atoms in total. The summed E-state index contributed by atoms with van der Waals surface area (Å²) in [6.45, 7) is 0.0473. The number of carboxylic acid groups (broad SMARTS) is 1. The summed E-state index contributed by atoms with van der Waals surface area (Å²) in [5, 5.41) is 16.2. The minimum atomic E-state index is -1.10. The maximum Gasteiger partial charge on any atom is 0.328 e. The Morgan fingerprint density at radius 2 is 2.00 bits per heavy atom. The lowest BCUT2D eigenvalue weighted by molar-refractivity contribution is -0.141. The standard InChI is InChI=1S/C20H17FN4O3/c21-16-3-1-2-13(8-16)11-25-18(19(26)27)12-24(20(25)28)17-6-4-14(5-7-17)15-9-22-23-10-15/h1-10,18H,11-12H2,(H,22,23)(H,26,27). The molecule has 1 unspecified atom stereocenters. The Labute approximate surface area is 160 Å². The third-order valence-electron chi connectivity index (χ3n) is 4.75. The first kappa shape index (κ1) is 17.7. The molecule has 1 aliphatic rings. The molecule has 2 heterocycles. The van der Waals surface area contributed by atoms with Crippen molar-refractivity contribution < 1.29 is 19.1 Å². The van der Waals surface area contributed by atoms with E-state index in [1.54, 1.807) is 30.6 Å². The maximum absolute atomic E-state index is 13.5. The highest BCUT2D eigenvalue weighted by Gasteiger charge is 2.42. The number of H-pyrrole nitrogens is 1. The van der Waals surface area contributed by atoms with Gasteiger partial charge in [0.05, 0.1) is 12.7 Å². The Balaban J connectivity index is 1.58. The second kappa shape index (κ2) is 7.15. The lowest BCUT2D eigenvalue weighted by Gasteiger charge is -2.21. The number of aromatic amines is 1. The molecule has 0 saturated carbocycles. The van der Waals surface area contributed by atoms with E-state index in [1.807, 2.05) is 12.1 Å². The Morgan fingerprint density at radius 3 is 2.64 bits per heavy atom. The molecule has 142 valence electrons. The SMILES string of the molecule is O=C(O)C1CN(c2ccc(-c3cn[nH]c3)cc2)C(=O)N1Cc1cccc(F)c1. The number of anilines is 1. The van der Waals surface area contributed by atoms with E-state index in [0.29, 0.717) is 11.3 Å². The average Bonchev–Trinajstić information content (AvgIpc) is 3.32. The molecule has 0 aliphatic carbocycles. The summed E-state index contributed by atoms with van der Waals surface area (Å²) in [5.74, 6) is -1.52. The molecule has 2 amide bonds. The minimum absolute atomic E-state index is 0.0224. The van der Waals surface area contributed by atoms with Crippen LogP contribution in [0.1, 0.15) is 5.56 Å². The van der Waals surface area contributed by atoms with Gasteiger partial charge in [-0.05, 0) is 35.4 Å². The maximum atomic E-state index is 13.5. The number of carboxylic acids is 1. The average molecular weight is 380 g/mol. The van der Waals surface area contributed by atoms with E-state index in [1.165, 1.54) is 28.0 Å². The van der Waals surface area contributed by atoms with Gasteiger partial charge in [-0.15, -0.1) is 0 Å². The van der Waals surface area contributed by atoms with Crippen LogP contribution in [0.25, 0.3) is 11.1 Å². The number of carbonyl (C=O) groups is 2. The molecule has 3 aromatic rings. The number of aromatic nitrogens is 2. The van der Waals surface area contributed by atoms with Crippen molar-refractivity contribution in [3.05, 3.63) is 72.3 Å². The van der Waals surface area contributed by atoms with Crippen molar-refractivity contribution in [1.82, 2.24) is 15.1 Å². The molecule has 1 atom stereocenters. The van der Waals surface area contributed by atoms with E-state index in [4.69, 9.17) is 0 Å². The van der Waals surface area contributed by atoms with Crippen molar-refractivity contribution in [2.75, 3.05) is 11.4 Å². The molecule has 8 heteroatoms. The topological polar surface area (TPSA) is 89.5 Å². The molecule has 1 saturated heterocycles. The fourth-order valence-corrected chi connectivity index (χ4v) is 3.32. The van der Waals surface area contributed by atoms with Crippen molar-refractivity contribution in [2.45, 2.75) is 12.6 Å². The summed E-state index contributed by atoms with van der Waals surface area (Å²) >= 11 is 0. The van der Waals surface area contributed by atoms with Gasteiger partial charge in [-0.25, -0.2) is 14.0 Å². The van der Waals surface area contributed by atoms with Gasteiger partial charge in [0, 0.05) is 24.0 Å². The van der Waals surface area contributed by atoms with Crippen LogP contribution in [0.5, 0.6) is 0 Å². The first-order valence-electron chi connectivity index (χ1n) is 8.67. The zero-order valence-corrected chi connectivity index (χ0v) is 14.7. The minimum Gasteiger partial charge on any atom is -0.480 e. The van der Waals surface area contributed by atoms with Crippen molar-refractivity contribution in [3.63, 3.8) is 0 Å². The van der Waals surface area contributed by atoms with E-state index in [0.717, 1.165) is 11.1 Å². The highest BCUT2D eigenvalue weighted by atomic mass is 19.1. The number of rotatable bonds is 5. The van der Waals surface area contributed by atoms with Crippen molar-refractivity contribution in [1.29, 1.82) is 0 Å². The molecule has 1 fully saturated rings. The molecule has 1 aliphatic heterocycles. The molecule has 0 spiro atoms. The van der Waals surface area contributed by atoms with Gasteiger partial charge in [-0.3, -0.25) is 10.00 Å². The van der Waals surface area contributed by atoms with E-state index in [-0.39, 0.29) is 13.1 Å². The van der Waals surface area contributed by atoms with Crippen LogP contribution in [-0.4, -0.2) is 44.8 Å².